The van der Waals surface area contributed by atoms with Crippen molar-refractivity contribution in [3.8, 4) is 0 Å². The molecule has 220 valence electrons. The van der Waals surface area contributed by atoms with E-state index in [9.17, 15) is 29.2 Å². The number of likely N-dealkylation sites (tertiary alicyclic amines) is 1. The van der Waals surface area contributed by atoms with Gasteiger partial charge in [0, 0.05) is 32.1 Å². The van der Waals surface area contributed by atoms with Gasteiger partial charge in [-0.05, 0) is 49.3 Å². The summed E-state index contributed by atoms with van der Waals surface area (Å²) in [5.74, 6) is -3.01. The maximum Gasteiger partial charge on any atom is 0.260 e. The lowest BCUT2D eigenvalue weighted by atomic mass is 9.67. The first kappa shape index (κ1) is 31.5. The second-order valence-electron chi connectivity index (χ2n) is 11.1. The van der Waals surface area contributed by atoms with Crippen LogP contribution in [0.5, 0.6) is 0 Å². The van der Waals surface area contributed by atoms with Gasteiger partial charge in [-0.15, -0.1) is 0 Å². The Bertz CT molecular complexity index is 1250. The van der Waals surface area contributed by atoms with E-state index in [2.05, 4.69) is 5.32 Å². The Balaban J connectivity index is 1.95. The normalized spacial score (nSPS) is 18.1. The third kappa shape index (κ3) is 7.00. The van der Waals surface area contributed by atoms with Gasteiger partial charge in [0.1, 0.15) is 6.04 Å². The molecule has 0 saturated carbocycles. The van der Waals surface area contributed by atoms with Crippen LogP contribution >= 0.6 is 0 Å². The highest BCUT2D eigenvalue weighted by atomic mass is 16.5. The summed E-state index contributed by atoms with van der Waals surface area (Å²) in [6, 6.07) is 15.5. The van der Waals surface area contributed by atoms with Crippen molar-refractivity contribution in [2.75, 3.05) is 20.1 Å². The molecule has 0 aromatic heterocycles. The van der Waals surface area contributed by atoms with Gasteiger partial charge in [-0.25, -0.2) is 5.48 Å². The van der Waals surface area contributed by atoms with Crippen LogP contribution in [0.1, 0.15) is 54.6 Å². The summed E-state index contributed by atoms with van der Waals surface area (Å²) >= 11 is 0. The second kappa shape index (κ2) is 14.0. The summed E-state index contributed by atoms with van der Waals surface area (Å²) in [7, 11) is 1.52. The summed E-state index contributed by atoms with van der Waals surface area (Å²) < 4.78 is 0. The van der Waals surface area contributed by atoms with E-state index in [1.165, 1.54) is 11.9 Å². The Morgan fingerprint density at radius 1 is 1.07 bits per heavy atom. The fraction of sp³-hybridized carbons (Fsp3) is 0.452. The maximum absolute atomic E-state index is 14.3. The molecule has 0 bridgehead atoms. The number of amides is 5. The molecule has 0 radical (unpaired) electrons. The molecule has 1 fully saturated rings. The molecule has 10 nitrogen and oxygen atoms in total. The topological polar surface area (TPSA) is 136 Å². The molecule has 3 N–H and O–H groups in total. The fourth-order valence-corrected chi connectivity index (χ4v) is 6.02. The number of imide groups is 1. The lowest BCUT2D eigenvalue weighted by Gasteiger charge is -2.37. The maximum atomic E-state index is 14.3. The molecule has 2 aromatic rings. The average molecular weight is 565 g/mol. The lowest BCUT2D eigenvalue weighted by molar-refractivity contribution is -0.152. The number of benzene rings is 2. The monoisotopic (exact) mass is 564 g/mol. The van der Waals surface area contributed by atoms with E-state index in [-0.39, 0.29) is 43.7 Å². The molecule has 0 aliphatic carbocycles. The van der Waals surface area contributed by atoms with E-state index in [1.807, 2.05) is 44.2 Å². The quantitative estimate of drug-likeness (QED) is 0.194. The second-order valence-corrected chi connectivity index (χ2v) is 11.1. The Kier molecular flexibility index (Phi) is 10.8. The number of hydrogen-bond donors (Lipinski definition) is 3. The largest absolute Gasteiger partial charge is 0.357 e. The van der Waals surface area contributed by atoms with Crippen LogP contribution in [0.3, 0.4) is 0 Å². The van der Waals surface area contributed by atoms with Crippen LogP contribution in [0, 0.1) is 24.2 Å². The number of likely N-dealkylation sites (N-methyl/N-ethyl adjacent to an activating group) is 1. The number of hydroxylamine groups is 1. The van der Waals surface area contributed by atoms with Crippen molar-refractivity contribution in [2.45, 2.75) is 52.5 Å². The zero-order chi connectivity index (χ0) is 30.2. The van der Waals surface area contributed by atoms with E-state index in [1.54, 1.807) is 36.7 Å². The molecule has 1 aliphatic heterocycles. The molecule has 5 amide bonds. The fourth-order valence-electron chi connectivity index (χ4n) is 6.02. The van der Waals surface area contributed by atoms with Crippen LogP contribution < -0.4 is 10.8 Å². The minimum atomic E-state index is -1.25. The van der Waals surface area contributed by atoms with Gasteiger partial charge in [0.2, 0.25) is 24.1 Å². The highest BCUT2D eigenvalue weighted by Gasteiger charge is 2.56. The van der Waals surface area contributed by atoms with Crippen molar-refractivity contribution in [1.29, 1.82) is 0 Å². The van der Waals surface area contributed by atoms with Gasteiger partial charge in [-0.2, -0.15) is 0 Å². The standard InChI is InChI=1S/C31H40N4O6/c1-21(2)19-31(15-17-35(30(31)40)26(28(38)32-4)18-23-11-6-5-7-12-23)25(27(37)33-41)14-16-34(20-36)29(39)24-13-9-8-10-22(24)3/h5-13,20-21,25-26,41H,14-19H2,1-4H3,(H,32,38)(H,33,37). The van der Waals surface area contributed by atoms with Crippen molar-refractivity contribution in [1.82, 2.24) is 20.6 Å². The third-order valence-corrected chi connectivity index (χ3v) is 7.97. The van der Waals surface area contributed by atoms with E-state index in [0.717, 1.165) is 10.5 Å². The van der Waals surface area contributed by atoms with Crippen molar-refractivity contribution >= 4 is 30.0 Å². The molecule has 3 rings (SSSR count). The third-order valence-electron chi connectivity index (χ3n) is 7.97. The Hall–Kier alpha value is -4.05. The average Bonchev–Trinajstić information content (AvgIpc) is 3.28. The molecular formula is C31H40N4O6. The summed E-state index contributed by atoms with van der Waals surface area (Å²) in [5, 5.41) is 12.4. The van der Waals surface area contributed by atoms with Gasteiger partial charge >= 0.3 is 0 Å². The number of carbonyl (C=O) groups excluding carboxylic acids is 5. The van der Waals surface area contributed by atoms with E-state index >= 15 is 0 Å². The summed E-state index contributed by atoms with van der Waals surface area (Å²) in [6.07, 6.45) is 1.27. The highest BCUT2D eigenvalue weighted by Crippen LogP contribution is 2.47. The van der Waals surface area contributed by atoms with Crippen LogP contribution in [0.4, 0.5) is 0 Å². The van der Waals surface area contributed by atoms with Crippen molar-refractivity contribution in [2.24, 2.45) is 17.3 Å². The Morgan fingerprint density at radius 2 is 1.73 bits per heavy atom. The van der Waals surface area contributed by atoms with Crippen LogP contribution in [-0.2, 0) is 25.6 Å². The minimum Gasteiger partial charge on any atom is -0.357 e. The molecule has 1 saturated heterocycles. The van der Waals surface area contributed by atoms with E-state index < -0.39 is 29.2 Å². The van der Waals surface area contributed by atoms with Crippen LogP contribution in [0.25, 0.3) is 0 Å². The van der Waals surface area contributed by atoms with Crippen LogP contribution in [0.2, 0.25) is 0 Å². The van der Waals surface area contributed by atoms with Crippen molar-refractivity contribution in [3.05, 3.63) is 71.3 Å². The molecule has 3 atom stereocenters. The lowest BCUT2D eigenvalue weighted by Crippen LogP contribution is -2.53. The summed E-state index contributed by atoms with van der Waals surface area (Å²) in [6.45, 7) is 5.74. The molecule has 2 aromatic carbocycles. The number of carbonyl (C=O) groups is 5. The molecular weight excluding hydrogens is 524 g/mol. The first-order chi connectivity index (χ1) is 19.6. The predicted molar refractivity (Wildman–Crippen MR) is 153 cm³/mol. The zero-order valence-electron chi connectivity index (χ0n) is 24.1. The number of nitrogens with one attached hydrogen (secondary N) is 2. The van der Waals surface area contributed by atoms with Crippen LogP contribution in [0.15, 0.2) is 54.6 Å². The van der Waals surface area contributed by atoms with Crippen molar-refractivity contribution < 1.29 is 29.2 Å². The number of hydrogen-bond acceptors (Lipinski definition) is 6. The van der Waals surface area contributed by atoms with Gasteiger partial charge < -0.3 is 10.2 Å². The molecule has 41 heavy (non-hydrogen) atoms. The van der Waals surface area contributed by atoms with E-state index in [0.29, 0.717) is 30.4 Å². The number of rotatable bonds is 13. The smallest absolute Gasteiger partial charge is 0.260 e. The number of aryl methyl sites for hydroxylation is 1. The summed E-state index contributed by atoms with van der Waals surface area (Å²) in [5.41, 5.74) is 2.41. The molecule has 10 heteroatoms. The predicted octanol–water partition coefficient (Wildman–Crippen LogP) is 2.73. The van der Waals surface area contributed by atoms with Crippen molar-refractivity contribution in [3.63, 3.8) is 0 Å². The number of nitrogens with zero attached hydrogens (tertiary/aromatic N) is 2. The first-order valence-corrected chi connectivity index (χ1v) is 13.9. The molecule has 1 heterocycles. The molecule has 3 unspecified atom stereocenters. The zero-order valence-corrected chi connectivity index (χ0v) is 24.1. The van der Waals surface area contributed by atoms with Gasteiger partial charge in [0.25, 0.3) is 5.91 Å². The van der Waals surface area contributed by atoms with E-state index in [4.69, 9.17) is 0 Å². The van der Waals surface area contributed by atoms with Gasteiger partial charge in [0.15, 0.2) is 0 Å². The highest BCUT2D eigenvalue weighted by molar-refractivity contribution is 6.01. The van der Waals surface area contributed by atoms with Gasteiger partial charge in [-0.3, -0.25) is 34.1 Å². The summed E-state index contributed by atoms with van der Waals surface area (Å²) in [4.78, 5) is 68.2. The first-order valence-electron chi connectivity index (χ1n) is 13.9. The SMILES string of the molecule is CNC(=O)C(Cc1ccccc1)N1CCC(CC(C)C)(C(CCN(C=O)C(=O)c2ccccc2C)C(=O)NO)C1=O. The van der Waals surface area contributed by atoms with Gasteiger partial charge in [-0.1, -0.05) is 62.4 Å². The Morgan fingerprint density at radius 3 is 2.32 bits per heavy atom. The van der Waals surface area contributed by atoms with Gasteiger partial charge in [0.05, 0.1) is 11.3 Å². The minimum absolute atomic E-state index is 0.00348. The molecule has 1 aliphatic rings. The Labute approximate surface area is 241 Å². The van der Waals surface area contributed by atoms with Crippen LogP contribution in [-0.4, -0.2) is 71.2 Å². The molecule has 0 spiro atoms.